The van der Waals surface area contributed by atoms with Crippen molar-refractivity contribution in [2.24, 2.45) is 0 Å². The molecule has 1 aliphatic rings. The monoisotopic (exact) mass is 290 g/mol. The smallest absolute Gasteiger partial charge is 0.260 e. The second-order valence-electron chi connectivity index (χ2n) is 4.80. The molecule has 0 bridgehead atoms. The Hall–Kier alpha value is -2.21. The maximum atomic E-state index is 12.5. The van der Waals surface area contributed by atoms with Crippen LogP contribution in [0.5, 0.6) is 0 Å². The Morgan fingerprint density at radius 1 is 1.20 bits per heavy atom. The first-order chi connectivity index (χ1) is 9.40. The van der Waals surface area contributed by atoms with Gasteiger partial charge in [-0.05, 0) is 30.7 Å². The van der Waals surface area contributed by atoms with Crippen molar-refractivity contribution in [1.82, 2.24) is 0 Å². The van der Waals surface area contributed by atoms with Gasteiger partial charge in [-0.1, -0.05) is 6.07 Å². The van der Waals surface area contributed by atoms with E-state index in [1.165, 1.54) is 30.5 Å². The number of hydrogen-bond donors (Lipinski definition) is 1. The molecular weight excluding hydrogens is 278 g/mol. The number of fused-ring (bicyclic) bond motifs is 2. The molecule has 0 aliphatic carbocycles. The van der Waals surface area contributed by atoms with Crippen LogP contribution in [-0.4, -0.2) is 19.4 Å². The van der Waals surface area contributed by atoms with E-state index in [2.05, 4.69) is 0 Å². The van der Waals surface area contributed by atoms with Crippen LogP contribution in [0.25, 0.3) is 0 Å². The number of carbonyl (C=O) groups excluding carboxylic acids is 1. The second kappa shape index (κ2) is 4.14. The summed E-state index contributed by atoms with van der Waals surface area (Å²) < 4.78 is 25.6. The molecule has 0 amide bonds. The number of ketones is 1. The van der Waals surface area contributed by atoms with Crippen LogP contribution in [0, 0.1) is 6.92 Å². The van der Waals surface area contributed by atoms with Crippen LogP contribution >= 0.6 is 0 Å². The number of pyridine rings is 1. The highest BCUT2D eigenvalue weighted by atomic mass is 32.2. The molecule has 0 unspecified atom stereocenters. The second-order valence-corrected chi connectivity index (χ2v) is 6.76. The van der Waals surface area contributed by atoms with E-state index in [1.54, 1.807) is 13.0 Å². The van der Waals surface area contributed by atoms with E-state index in [9.17, 15) is 18.4 Å². The third-order valence-corrected chi connectivity index (χ3v) is 5.03. The van der Waals surface area contributed by atoms with Gasteiger partial charge in [0.2, 0.25) is 12.0 Å². The van der Waals surface area contributed by atoms with Crippen molar-refractivity contribution in [3.05, 3.63) is 58.9 Å². The summed E-state index contributed by atoms with van der Waals surface area (Å²) in [6.07, 6.45) is 1.31. The maximum Gasteiger partial charge on any atom is 0.260 e. The first-order valence-corrected chi connectivity index (χ1v) is 7.66. The fourth-order valence-electron chi connectivity index (χ4n) is 2.36. The molecule has 3 rings (SSSR count). The van der Waals surface area contributed by atoms with Gasteiger partial charge in [0.25, 0.3) is 5.69 Å². The average Bonchev–Trinajstić information content (AvgIpc) is 2.47. The molecule has 0 atom stereocenters. The van der Waals surface area contributed by atoms with Crippen molar-refractivity contribution in [2.75, 3.05) is 0 Å². The van der Waals surface area contributed by atoms with Crippen LogP contribution in [0.15, 0.2) is 41.4 Å². The van der Waals surface area contributed by atoms with Crippen LogP contribution in [0.3, 0.4) is 0 Å². The molecule has 102 valence electrons. The lowest BCUT2D eigenvalue weighted by molar-refractivity contribution is -0.909. The Morgan fingerprint density at radius 2 is 1.95 bits per heavy atom. The van der Waals surface area contributed by atoms with Crippen LogP contribution in [0.4, 0.5) is 0 Å². The molecule has 6 heteroatoms. The summed E-state index contributed by atoms with van der Waals surface area (Å²) in [6, 6.07) is 7.75. The fraction of sp³-hybridized carbons (Fsp3) is 0.143. The Labute approximate surface area is 116 Å². The fourth-order valence-corrected chi connectivity index (χ4v) is 4.02. The zero-order valence-electron chi connectivity index (χ0n) is 10.7. The SMILES string of the molecule is Cc1ccc2c(c1)S(=O)(=O)Cc1c(ccc[n+]1O)C2=O. The largest absolute Gasteiger partial charge is 0.288 e. The number of aromatic nitrogens is 1. The van der Waals surface area contributed by atoms with E-state index in [0.29, 0.717) is 4.73 Å². The van der Waals surface area contributed by atoms with Gasteiger partial charge < -0.3 is 0 Å². The van der Waals surface area contributed by atoms with Gasteiger partial charge in [-0.2, -0.15) is 0 Å². The third-order valence-electron chi connectivity index (χ3n) is 3.37. The van der Waals surface area contributed by atoms with Crippen LogP contribution < -0.4 is 4.73 Å². The molecule has 1 aromatic heterocycles. The number of hydrogen-bond acceptors (Lipinski definition) is 4. The van der Waals surface area contributed by atoms with Gasteiger partial charge in [-0.15, -0.1) is 0 Å². The molecule has 2 heterocycles. The predicted octanol–water partition coefficient (Wildman–Crippen LogP) is 1.04. The van der Waals surface area contributed by atoms with Gasteiger partial charge in [0, 0.05) is 16.4 Å². The van der Waals surface area contributed by atoms with Crippen molar-refractivity contribution in [2.45, 2.75) is 17.6 Å². The molecule has 0 fully saturated rings. The Kier molecular flexibility index (Phi) is 2.65. The first kappa shape index (κ1) is 12.8. The van der Waals surface area contributed by atoms with Crippen molar-refractivity contribution in [3.8, 4) is 0 Å². The average molecular weight is 290 g/mol. The minimum atomic E-state index is -3.67. The standard InChI is InChI=1S/C14H12NO4S/c1-9-4-5-11-13(7-9)20(18,19)8-12-10(14(11)16)3-2-6-15(12)17/h2-7,17H,8H2,1H3/q+1. The number of carbonyl (C=O) groups is 1. The van der Waals surface area contributed by atoms with Crippen LogP contribution in [-0.2, 0) is 15.6 Å². The van der Waals surface area contributed by atoms with Crippen molar-refractivity contribution in [1.29, 1.82) is 0 Å². The molecule has 1 aromatic carbocycles. The molecule has 20 heavy (non-hydrogen) atoms. The summed E-state index contributed by atoms with van der Waals surface area (Å²) >= 11 is 0. The first-order valence-electron chi connectivity index (χ1n) is 6.01. The van der Waals surface area contributed by atoms with E-state index in [0.717, 1.165) is 5.56 Å². The van der Waals surface area contributed by atoms with Gasteiger partial charge in [0.15, 0.2) is 9.84 Å². The lowest BCUT2D eigenvalue weighted by Gasteiger charge is -2.05. The van der Waals surface area contributed by atoms with E-state index in [-0.39, 0.29) is 27.5 Å². The molecule has 0 saturated heterocycles. The van der Waals surface area contributed by atoms with E-state index in [1.807, 2.05) is 0 Å². The Morgan fingerprint density at radius 3 is 2.70 bits per heavy atom. The number of nitrogens with zero attached hydrogens (tertiary/aromatic N) is 1. The molecule has 0 saturated carbocycles. The van der Waals surface area contributed by atoms with Gasteiger partial charge in [0.05, 0.1) is 10.5 Å². The highest BCUT2D eigenvalue weighted by molar-refractivity contribution is 7.90. The van der Waals surface area contributed by atoms with Crippen molar-refractivity contribution in [3.63, 3.8) is 0 Å². The summed E-state index contributed by atoms with van der Waals surface area (Å²) in [4.78, 5) is 12.5. The van der Waals surface area contributed by atoms with Crippen LogP contribution in [0.1, 0.15) is 27.2 Å². The normalized spacial score (nSPS) is 16.1. The number of rotatable bonds is 0. The quantitative estimate of drug-likeness (QED) is 0.581. The molecular formula is C14H12NO4S+. The molecule has 0 spiro atoms. The van der Waals surface area contributed by atoms with E-state index in [4.69, 9.17) is 0 Å². The van der Waals surface area contributed by atoms with Gasteiger partial charge in [-0.25, -0.2) is 8.42 Å². The number of aryl methyl sites for hydroxylation is 1. The van der Waals surface area contributed by atoms with Gasteiger partial charge >= 0.3 is 0 Å². The highest BCUT2D eigenvalue weighted by Gasteiger charge is 2.36. The summed E-state index contributed by atoms with van der Waals surface area (Å²) in [5, 5.41) is 9.76. The van der Waals surface area contributed by atoms with E-state index >= 15 is 0 Å². The molecule has 1 N–H and O–H groups in total. The Balaban J connectivity index is 2.40. The lowest BCUT2D eigenvalue weighted by atomic mass is 10.0. The highest BCUT2D eigenvalue weighted by Crippen LogP contribution is 2.28. The zero-order valence-corrected chi connectivity index (χ0v) is 11.5. The maximum absolute atomic E-state index is 12.5. The summed E-state index contributed by atoms with van der Waals surface area (Å²) in [5.41, 5.74) is 1.22. The van der Waals surface area contributed by atoms with Crippen molar-refractivity contribution < 1.29 is 23.1 Å². The lowest BCUT2D eigenvalue weighted by Crippen LogP contribution is -2.37. The summed E-state index contributed by atoms with van der Waals surface area (Å²) in [7, 11) is -3.67. The van der Waals surface area contributed by atoms with Gasteiger partial charge in [-0.3, -0.25) is 10.0 Å². The number of sulfone groups is 1. The summed E-state index contributed by atoms with van der Waals surface area (Å²) in [6.45, 7) is 1.77. The third kappa shape index (κ3) is 1.80. The minimum Gasteiger partial charge on any atom is -0.288 e. The van der Waals surface area contributed by atoms with Crippen LogP contribution in [0.2, 0.25) is 0 Å². The van der Waals surface area contributed by atoms with Gasteiger partial charge in [0.1, 0.15) is 5.75 Å². The Bertz CT molecular complexity index is 840. The summed E-state index contributed by atoms with van der Waals surface area (Å²) in [5.74, 6) is -0.790. The predicted molar refractivity (Wildman–Crippen MR) is 69.3 cm³/mol. The zero-order chi connectivity index (χ0) is 14.5. The van der Waals surface area contributed by atoms with Crippen molar-refractivity contribution >= 4 is 15.6 Å². The molecule has 1 aliphatic heterocycles. The molecule has 0 radical (unpaired) electrons. The topological polar surface area (TPSA) is 75.3 Å². The minimum absolute atomic E-state index is 0.0266. The molecule has 5 nitrogen and oxygen atoms in total. The molecule has 2 aromatic rings. The van der Waals surface area contributed by atoms with E-state index < -0.39 is 15.6 Å². The number of benzene rings is 1.